The van der Waals surface area contributed by atoms with Crippen molar-refractivity contribution in [3.8, 4) is 11.5 Å². The molecule has 0 saturated carbocycles. The molecule has 138 valence electrons. The first-order valence-corrected chi connectivity index (χ1v) is 8.80. The average Bonchev–Trinajstić information content (AvgIpc) is 2.56. The molecule has 1 N–H and O–H groups in total. The third-order valence-corrected chi connectivity index (χ3v) is 4.17. The second-order valence-corrected chi connectivity index (χ2v) is 6.47. The Labute approximate surface area is 159 Å². The van der Waals surface area contributed by atoms with E-state index in [2.05, 4.69) is 5.32 Å². The highest BCUT2D eigenvalue weighted by molar-refractivity contribution is 6.32. The zero-order valence-electron chi connectivity index (χ0n) is 15.8. The van der Waals surface area contributed by atoms with E-state index in [1.807, 2.05) is 39.8 Å². The molecular weight excluding hydrogens is 350 g/mol. The van der Waals surface area contributed by atoms with Crippen molar-refractivity contribution >= 4 is 29.3 Å². The molecule has 0 heterocycles. The second-order valence-electron chi connectivity index (χ2n) is 6.06. The Bertz CT molecular complexity index is 820. The molecule has 1 amide bonds. The van der Waals surface area contributed by atoms with Crippen LogP contribution in [0.3, 0.4) is 0 Å². The summed E-state index contributed by atoms with van der Waals surface area (Å²) in [6.45, 7) is 8.38. The SMILES string of the molecule is CCOc1cc(/C=C/C(=O)Nc2c(C)cc(C)cc2C)cc(Cl)c1OC. The van der Waals surface area contributed by atoms with E-state index in [1.165, 1.54) is 11.6 Å². The Morgan fingerprint density at radius 2 is 1.81 bits per heavy atom. The van der Waals surface area contributed by atoms with Gasteiger partial charge >= 0.3 is 0 Å². The second kappa shape index (κ2) is 8.77. The van der Waals surface area contributed by atoms with Gasteiger partial charge in [0.15, 0.2) is 11.5 Å². The van der Waals surface area contributed by atoms with E-state index in [0.717, 1.165) is 22.4 Å². The van der Waals surface area contributed by atoms with Gasteiger partial charge in [-0.15, -0.1) is 0 Å². The minimum atomic E-state index is -0.204. The average molecular weight is 374 g/mol. The van der Waals surface area contributed by atoms with Crippen molar-refractivity contribution in [2.75, 3.05) is 19.0 Å². The van der Waals surface area contributed by atoms with Crippen LogP contribution in [-0.2, 0) is 4.79 Å². The molecule has 2 rings (SSSR count). The number of aryl methyl sites for hydroxylation is 3. The lowest BCUT2D eigenvalue weighted by Crippen LogP contribution is -2.10. The van der Waals surface area contributed by atoms with Gasteiger partial charge in [0.25, 0.3) is 0 Å². The summed E-state index contributed by atoms with van der Waals surface area (Å²) in [6.07, 6.45) is 3.18. The molecule has 2 aromatic carbocycles. The molecule has 4 nitrogen and oxygen atoms in total. The van der Waals surface area contributed by atoms with Gasteiger partial charge in [0.2, 0.25) is 5.91 Å². The van der Waals surface area contributed by atoms with Crippen LogP contribution in [-0.4, -0.2) is 19.6 Å². The fourth-order valence-electron chi connectivity index (χ4n) is 2.86. The van der Waals surface area contributed by atoms with Crippen LogP contribution in [0.2, 0.25) is 5.02 Å². The van der Waals surface area contributed by atoms with E-state index in [9.17, 15) is 4.79 Å². The molecule has 0 unspecified atom stereocenters. The van der Waals surface area contributed by atoms with Gasteiger partial charge in [0.05, 0.1) is 18.7 Å². The van der Waals surface area contributed by atoms with Crippen molar-refractivity contribution in [1.82, 2.24) is 0 Å². The molecule has 0 saturated heterocycles. The highest BCUT2D eigenvalue weighted by Gasteiger charge is 2.11. The zero-order chi connectivity index (χ0) is 19.3. The maximum Gasteiger partial charge on any atom is 0.248 e. The third kappa shape index (κ3) is 4.79. The molecule has 0 bridgehead atoms. The summed E-state index contributed by atoms with van der Waals surface area (Å²) < 4.78 is 10.8. The van der Waals surface area contributed by atoms with Gasteiger partial charge in [-0.1, -0.05) is 29.3 Å². The van der Waals surface area contributed by atoms with Crippen LogP contribution < -0.4 is 14.8 Å². The molecule has 0 fully saturated rings. The van der Waals surface area contributed by atoms with E-state index < -0.39 is 0 Å². The Kier molecular flexibility index (Phi) is 6.70. The van der Waals surface area contributed by atoms with Gasteiger partial charge in [0, 0.05) is 11.8 Å². The first-order chi connectivity index (χ1) is 12.3. The van der Waals surface area contributed by atoms with Gasteiger partial charge in [-0.25, -0.2) is 0 Å². The maximum atomic E-state index is 12.3. The summed E-state index contributed by atoms with van der Waals surface area (Å²) in [4.78, 5) is 12.3. The van der Waals surface area contributed by atoms with Crippen LogP contribution in [0.4, 0.5) is 5.69 Å². The van der Waals surface area contributed by atoms with Gasteiger partial charge in [-0.05, 0) is 62.6 Å². The van der Waals surface area contributed by atoms with Crippen LogP contribution in [0.1, 0.15) is 29.2 Å². The summed E-state index contributed by atoms with van der Waals surface area (Å²) >= 11 is 6.23. The predicted molar refractivity (Wildman–Crippen MR) is 107 cm³/mol. The Morgan fingerprint density at radius 1 is 1.15 bits per heavy atom. The maximum absolute atomic E-state index is 12.3. The highest BCUT2D eigenvalue weighted by Crippen LogP contribution is 2.36. The fraction of sp³-hybridized carbons (Fsp3) is 0.286. The van der Waals surface area contributed by atoms with Crippen molar-refractivity contribution in [2.45, 2.75) is 27.7 Å². The molecule has 5 heteroatoms. The smallest absolute Gasteiger partial charge is 0.248 e. The summed E-state index contributed by atoms with van der Waals surface area (Å²) in [5, 5.41) is 3.37. The first kappa shape index (κ1) is 19.9. The molecule has 0 atom stereocenters. The number of halogens is 1. The number of carbonyl (C=O) groups excluding carboxylic acids is 1. The number of hydrogen-bond donors (Lipinski definition) is 1. The Balaban J connectivity index is 2.20. The Morgan fingerprint density at radius 3 is 2.38 bits per heavy atom. The zero-order valence-corrected chi connectivity index (χ0v) is 16.5. The van der Waals surface area contributed by atoms with Gasteiger partial charge < -0.3 is 14.8 Å². The van der Waals surface area contributed by atoms with E-state index in [0.29, 0.717) is 23.1 Å². The minimum Gasteiger partial charge on any atom is -0.491 e. The molecule has 0 aliphatic rings. The predicted octanol–water partition coefficient (Wildman–Crippen LogP) is 5.32. The fourth-order valence-corrected chi connectivity index (χ4v) is 3.16. The minimum absolute atomic E-state index is 0.204. The lowest BCUT2D eigenvalue weighted by molar-refractivity contribution is -0.111. The molecular formula is C21H24ClNO3. The number of carbonyl (C=O) groups is 1. The van der Waals surface area contributed by atoms with Crippen LogP contribution >= 0.6 is 11.6 Å². The lowest BCUT2D eigenvalue weighted by Gasteiger charge is -2.12. The topological polar surface area (TPSA) is 47.6 Å². The Hall–Kier alpha value is -2.46. The summed E-state index contributed by atoms with van der Waals surface area (Å²) in [7, 11) is 1.54. The molecule has 0 radical (unpaired) electrons. The molecule has 0 aromatic heterocycles. The number of rotatable bonds is 6. The van der Waals surface area contributed by atoms with Crippen molar-refractivity contribution in [2.24, 2.45) is 0 Å². The van der Waals surface area contributed by atoms with Crippen LogP contribution in [0.25, 0.3) is 6.08 Å². The third-order valence-electron chi connectivity index (χ3n) is 3.89. The van der Waals surface area contributed by atoms with Crippen LogP contribution in [0, 0.1) is 20.8 Å². The van der Waals surface area contributed by atoms with E-state index >= 15 is 0 Å². The van der Waals surface area contributed by atoms with E-state index in [-0.39, 0.29) is 5.91 Å². The normalized spacial score (nSPS) is 10.8. The van der Waals surface area contributed by atoms with Gasteiger partial charge in [-0.3, -0.25) is 4.79 Å². The quantitative estimate of drug-likeness (QED) is 0.696. The van der Waals surface area contributed by atoms with Crippen molar-refractivity contribution in [3.05, 3.63) is 57.6 Å². The standard InChI is InChI=1S/C21H24ClNO3/c1-6-26-18-12-16(11-17(22)21(18)25-5)7-8-19(24)23-20-14(3)9-13(2)10-15(20)4/h7-12H,6H2,1-5H3,(H,23,24)/b8-7+. The number of amides is 1. The number of benzene rings is 2. The summed E-state index contributed by atoms with van der Waals surface area (Å²) in [5.74, 6) is 0.832. The van der Waals surface area contributed by atoms with Crippen molar-refractivity contribution < 1.29 is 14.3 Å². The summed E-state index contributed by atoms with van der Waals surface area (Å²) in [6, 6.07) is 7.61. The van der Waals surface area contributed by atoms with E-state index in [1.54, 1.807) is 25.3 Å². The number of nitrogens with one attached hydrogen (secondary N) is 1. The summed E-state index contributed by atoms with van der Waals surface area (Å²) in [5.41, 5.74) is 4.84. The highest BCUT2D eigenvalue weighted by atomic mass is 35.5. The molecule has 0 spiro atoms. The number of hydrogen-bond acceptors (Lipinski definition) is 3. The number of anilines is 1. The largest absolute Gasteiger partial charge is 0.491 e. The number of ether oxygens (including phenoxy) is 2. The molecule has 0 aliphatic carbocycles. The van der Waals surface area contributed by atoms with Crippen molar-refractivity contribution in [3.63, 3.8) is 0 Å². The van der Waals surface area contributed by atoms with Gasteiger partial charge in [0.1, 0.15) is 0 Å². The lowest BCUT2D eigenvalue weighted by atomic mass is 10.1. The molecule has 26 heavy (non-hydrogen) atoms. The molecule has 0 aliphatic heterocycles. The number of methoxy groups -OCH3 is 1. The van der Waals surface area contributed by atoms with Crippen molar-refractivity contribution in [1.29, 1.82) is 0 Å². The van der Waals surface area contributed by atoms with Gasteiger partial charge in [-0.2, -0.15) is 0 Å². The first-order valence-electron chi connectivity index (χ1n) is 8.43. The molecule has 2 aromatic rings. The van der Waals surface area contributed by atoms with Crippen LogP contribution in [0.15, 0.2) is 30.3 Å². The monoisotopic (exact) mass is 373 g/mol. The van der Waals surface area contributed by atoms with E-state index in [4.69, 9.17) is 21.1 Å². The van der Waals surface area contributed by atoms with Crippen LogP contribution in [0.5, 0.6) is 11.5 Å².